The van der Waals surface area contributed by atoms with E-state index in [1.54, 1.807) is 42.5 Å². The molecule has 3 aromatic carbocycles. The molecule has 30 heavy (non-hydrogen) atoms. The summed E-state index contributed by atoms with van der Waals surface area (Å²) in [6, 6.07) is 17.4. The number of thioether (sulfide) groups is 1. The SMILES string of the molecule is O=[N+]([O-])c1cc(/C=N\OCc2c(Cl)cccc2Cl)ccc1SCc1ccc(Cl)cc1. The van der Waals surface area contributed by atoms with Gasteiger partial charge in [0.1, 0.15) is 6.61 Å². The van der Waals surface area contributed by atoms with Crippen LogP contribution in [0.25, 0.3) is 0 Å². The second kappa shape index (κ2) is 10.7. The van der Waals surface area contributed by atoms with Gasteiger partial charge in [0.2, 0.25) is 0 Å². The topological polar surface area (TPSA) is 64.7 Å². The molecule has 0 N–H and O–H groups in total. The molecule has 3 aromatic rings. The number of rotatable bonds is 8. The molecule has 0 bridgehead atoms. The predicted octanol–water partition coefficient (Wildman–Crippen LogP) is 7.40. The van der Waals surface area contributed by atoms with Crippen molar-refractivity contribution in [3.8, 4) is 0 Å². The average Bonchev–Trinajstić information content (AvgIpc) is 2.72. The van der Waals surface area contributed by atoms with Gasteiger partial charge in [0.15, 0.2) is 0 Å². The molecular formula is C21H15Cl3N2O3S. The molecule has 0 aromatic heterocycles. The number of nitro benzene ring substituents is 1. The van der Waals surface area contributed by atoms with Crippen LogP contribution in [-0.2, 0) is 17.2 Å². The first-order chi connectivity index (χ1) is 14.4. The Balaban J connectivity index is 1.66. The molecule has 0 fully saturated rings. The van der Waals surface area contributed by atoms with Crippen molar-refractivity contribution in [3.05, 3.63) is 103 Å². The molecular weight excluding hydrogens is 467 g/mol. The summed E-state index contributed by atoms with van der Waals surface area (Å²) in [6.45, 7) is 0.0894. The summed E-state index contributed by atoms with van der Waals surface area (Å²) < 4.78 is 0. The van der Waals surface area contributed by atoms with Crippen molar-refractivity contribution in [1.29, 1.82) is 0 Å². The molecule has 0 atom stereocenters. The lowest BCUT2D eigenvalue weighted by Gasteiger charge is -2.06. The summed E-state index contributed by atoms with van der Waals surface area (Å²) in [7, 11) is 0. The van der Waals surface area contributed by atoms with E-state index in [2.05, 4.69) is 5.16 Å². The van der Waals surface area contributed by atoms with Crippen LogP contribution in [0.2, 0.25) is 15.1 Å². The van der Waals surface area contributed by atoms with Crippen LogP contribution in [0.15, 0.2) is 70.7 Å². The fraction of sp³-hybridized carbons (Fsp3) is 0.0952. The lowest BCUT2D eigenvalue weighted by molar-refractivity contribution is -0.387. The molecule has 0 heterocycles. The molecule has 0 spiro atoms. The van der Waals surface area contributed by atoms with Crippen molar-refractivity contribution in [2.45, 2.75) is 17.3 Å². The number of halogens is 3. The van der Waals surface area contributed by atoms with Gasteiger partial charge in [0.25, 0.3) is 5.69 Å². The zero-order chi connectivity index (χ0) is 21.5. The van der Waals surface area contributed by atoms with Gasteiger partial charge in [-0.2, -0.15) is 0 Å². The number of nitrogens with zero attached hydrogens (tertiary/aromatic N) is 2. The molecule has 0 saturated carbocycles. The monoisotopic (exact) mass is 480 g/mol. The summed E-state index contributed by atoms with van der Waals surface area (Å²) in [5.41, 5.74) is 2.20. The van der Waals surface area contributed by atoms with Crippen LogP contribution in [0.1, 0.15) is 16.7 Å². The van der Waals surface area contributed by atoms with Gasteiger partial charge in [-0.15, -0.1) is 11.8 Å². The van der Waals surface area contributed by atoms with Crippen LogP contribution in [-0.4, -0.2) is 11.1 Å². The molecule has 0 aliphatic carbocycles. The van der Waals surface area contributed by atoms with E-state index in [0.717, 1.165) is 5.56 Å². The van der Waals surface area contributed by atoms with Crippen LogP contribution < -0.4 is 0 Å². The summed E-state index contributed by atoms with van der Waals surface area (Å²) in [4.78, 5) is 16.9. The van der Waals surface area contributed by atoms with Crippen LogP contribution in [0.3, 0.4) is 0 Å². The largest absolute Gasteiger partial charge is 0.391 e. The average molecular weight is 482 g/mol. The highest BCUT2D eigenvalue weighted by atomic mass is 35.5. The number of oxime groups is 1. The summed E-state index contributed by atoms with van der Waals surface area (Å²) in [5.74, 6) is 0.590. The van der Waals surface area contributed by atoms with Crippen LogP contribution in [0.5, 0.6) is 0 Å². The van der Waals surface area contributed by atoms with Gasteiger partial charge in [-0.05, 0) is 35.9 Å². The van der Waals surface area contributed by atoms with Crippen LogP contribution in [0, 0.1) is 10.1 Å². The Morgan fingerprint density at radius 3 is 2.40 bits per heavy atom. The quantitative estimate of drug-likeness (QED) is 0.145. The van der Waals surface area contributed by atoms with E-state index in [0.29, 0.717) is 36.8 Å². The normalized spacial score (nSPS) is 11.0. The van der Waals surface area contributed by atoms with Gasteiger partial charge in [-0.3, -0.25) is 10.1 Å². The predicted molar refractivity (Wildman–Crippen MR) is 123 cm³/mol. The van der Waals surface area contributed by atoms with Crippen molar-refractivity contribution >= 4 is 58.5 Å². The number of hydrogen-bond acceptors (Lipinski definition) is 5. The maximum Gasteiger partial charge on any atom is 0.283 e. The van der Waals surface area contributed by atoms with E-state index in [4.69, 9.17) is 39.6 Å². The maximum atomic E-state index is 11.5. The third-order valence-electron chi connectivity index (χ3n) is 4.03. The van der Waals surface area contributed by atoms with Gasteiger partial charge in [-0.1, -0.05) is 64.2 Å². The minimum absolute atomic E-state index is 0.00654. The van der Waals surface area contributed by atoms with E-state index >= 15 is 0 Å². The summed E-state index contributed by atoms with van der Waals surface area (Å²) >= 11 is 19.4. The van der Waals surface area contributed by atoms with E-state index in [9.17, 15) is 10.1 Å². The molecule has 0 unspecified atom stereocenters. The van der Waals surface area contributed by atoms with Crippen molar-refractivity contribution in [3.63, 3.8) is 0 Å². The maximum absolute atomic E-state index is 11.5. The number of nitro groups is 1. The Labute approximate surface area is 192 Å². The Hall–Kier alpha value is -2.25. The third-order valence-corrected chi connectivity index (χ3v) is 6.13. The highest BCUT2D eigenvalue weighted by Crippen LogP contribution is 2.32. The van der Waals surface area contributed by atoms with E-state index < -0.39 is 4.92 Å². The van der Waals surface area contributed by atoms with Crippen molar-refractivity contribution in [1.82, 2.24) is 0 Å². The Kier molecular flexibility index (Phi) is 7.99. The highest BCUT2D eigenvalue weighted by molar-refractivity contribution is 7.98. The first-order valence-electron chi connectivity index (χ1n) is 8.68. The van der Waals surface area contributed by atoms with Gasteiger partial charge in [-0.25, -0.2) is 0 Å². The summed E-state index contributed by atoms with van der Waals surface area (Å²) in [6.07, 6.45) is 1.41. The first-order valence-corrected chi connectivity index (χ1v) is 10.8. The molecule has 154 valence electrons. The lowest BCUT2D eigenvalue weighted by Crippen LogP contribution is -1.95. The zero-order valence-corrected chi connectivity index (χ0v) is 18.5. The van der Waals surface area contributed by atoms with Gasteiger partial charge in [0, 0.05) is 38.0 Å². The van der Waals surface area contributed by atoms with Gasteiger partial charge < -0.3 is 4.84 Å². The molecule has 0 radical (unpaired) electrons. The fourth-order valence-electron chi connectivity index (χ4n) is 2.49. The second-order valence-electron chi connectivity index (χ2n) is 6.11. The van der Waals surface area contributed by atoms with Gasteiger partial charge in [0.05, 0.1) is 16.0 Å². The Morgan fingerprint density at radius 1 is 1.03 bits per heavy atom. The molecule has 5 nitrogen and oxygen atoms in total. The van der Waals surface area contributed by atoms with E-state index in [1.165, 1.54) is 24.0 Å². The molecule has 0 saturated heterocycles. The Bertz CT molecular complexity index is 1060. The minimum atomic E-state index is -0.411. The molecule has 0 aliphatic heterocycles. The van der Waals surface area contributed by atoms with Crippen molar-refractivity contribution in [2.24, 2.45) is 5.16 Å². The summed E-state index contributed by atoms with van der Waals surface area (Å²) in [5, 5.41) is 17.0. The molecule has 9 heteroatoms. The number of hydrogen-bond donors (Lipinski definition) is 0. The van der Waals surface area contributed by atoms with E-state index in [-0.39, 0.29) is 12.3 Å². The van der Waals surface area contributed by atoms with E-state index in [1.807, 2.05) is 12.1 Å². The van der Waals surface area contributed by atoms with Crippen molar-refractivity contribution < 1.29 is 9.76 Å². The smallest absolute Gasteiger partial charge is 0.283 e. The standard InChI is InChI=1S/C21H15Cl3N2O3S/c22-16-7-4-14(5-8-16)13-30-21-9-6-15(10-20(21)26(27)28)11-25-29-12-17-18(23)2-1-3-19(17)24/h1-11H,12-13H2/b25-11-. The van der Waals surface area contributed by atoms with Crippen molar-refractivity contribution in [2.75, 3.05) is 0 Å². The van der Waals surface area contributed by atoms with Crippen LogP contribution >= 0.6 is 46.6 Å². The highest BCUT2D eigenvalue weighted by Gasteiger charge is 2.15. The number of benzene rings is 3. The molecule has 0 amide bonds. The zero-order valence-electron chi connectivity index (χ0n) is 15.4. The molecule has 3 rings (SSSR count). The first kappa shape index (κ1) is 22.4. The third kappa shape index (κ3) is 6.12. The Morgan fingerprint density at radius 2 is 1.73 bits per heavy atom. The lowest BCUT2D eigenvalue weighted by atomic mass is 10.2. The van der Waals surface area contributed by atoms with Crippen LogP contribution in [0.4, 0.5) is 5.69 Å². The second-order valence-corrected chi connectivity index (χ2v) is 8.38. The molecule has 0 aliphatic rings. The van der Waals surface area contributed by atoms with Gasteiger partial charge >= 0.3 is 0 Å². The fourth-order valence-corrected chi connectivity index (χ4v) is 4.08. The minimum Gasteiger partial charge on any atom is -0.391 e.